The zero-order chi connectivity index (χ0) is 14.5. The molecule has 1 amide bonds. The van der Waals surface area contributed by atoms with Gasteiger partial charge in [0, 0.05) is 31.9 Å². The van der Waals surface area contributed by atoms with Crippen LogP contribution >= 0.6 is 0 Å². The minimum Gasteiger partial charge on any atom is -0.478 e. The number of nitrogens with zero attached hydrogens (tertiary/aromatic N) is 1. The van der Waals surface area contributed by atoms with Crippen LogP contribution in [-0.2, 0) is 16.0 Å². The van der Waals surface area contributed by atoms with Crippen LogP contribution in [0.4, 0.5) is 5.69 Å². The number of aromatic carboxylic acids is 1. The fourth-order valence-corrected chi connectivity index (χ4v) is 2.41. The van der Waals surface area contributed by atoms with E-state index in [4.69, 9.17) is 9.84 Å². The topological polar surface area (TPSA) is 66.8 Å². The highest BCUT2D eigenvalue weighted by atomic mass is 16.5. The molecule has 0 spiro atoms. The summed E-state index contributed by atoms with van der Waals surface area (Å²) in [5.74, 6) is -0.843. The number of benzene rings is 1. The highest BCUT2D eigenvalue weighted by molar-refractivity contribution is 5.97. The minimum atomic E-state index is -0.937. The standard InChI is InChI=1S/C15H19NO4/c1-2-20-9-3-8-16-13-6-4-12(15(18)19)10-11(13)5-7-14(16)17/h4,6,10H,2-3,5,7-9H2,1H3,(H,18,19). The van der Waals surface area contributed by atoms with Crippen molar-refractivity contribution < 1.29 is 19.4 Å². The second kappa shape index (κ2) is 6.52. The molecule has 2 rings (SSSR count). The maximum absolute atomic E-state index is 12.0. The summed E-state index contributed by atoms with van der Waals surface area (Å²) in [6, 6.07) is 4.95. The second-order valence-corrected chi connectivity index (χ2v) is 4.74. The number of hydrogen-bond donors (Lipinski definition) is 1. The van der Waals surface area contributed by atoms with Crippen molar-refractivity contribution >= 4 is 17.6 Å². The Balaban J connectivity index is 2.14. The van der Waals surface area contributed by atoms with E-state index in [1.165, 1.54) is 0 Å². The number of carbonyl (C=O) groups is 2. The van der Waals surface area contributed by atoms with Gasteiger partial charge in [-0.05, 0) is 43.5 Å². The van der Waals surface area contributed by atoms with Crippen molar-refractivity contribution in [2.75, 3.05) is 24.7 Å². The Morgan fingerprint density at radius 2 is 2.20 bits per heavy atom. The van der Waals surface area contributed by atoms with Crippen LogP contribution in [0.3, 0.4) is 0 Å². The number of amides is 1. The van der Waals surface area contributed by atoms with E-state index < -0.39 is 5.97 Å². The molecule has 1 heterocycles. The highest BCUT2D eigenvalue weighted by Crippen LogP contribution is 2.29. The van der Waals surface area contributed by atoms with E-state index in [9.17, 15) is 9.59 Å². The van der Waals surface area contributed by atoms with Gasteiger partial charge in [-0.3, -0.25) is 4.79 Å². The van der Waals surface area contributed by atoms with Crippen LogP contribution in [0.15, 0.2) is 18.2 Å². The lowest BCUT2D eigenvalue weighted by Crippen LogP contribution is -2.36. The molecule has 0 saturated carbocycles. The van der Waals surface area contributed by atoms with Crippen molar-refractivity contribution in [3.63, 3.8) is 0 Å². The van der Waals surface area contributed by atoms with Crippen LogP contribution in [0.25, 0.3) is 0 Å². The maximum Gasteiger partial charge on any atom is 0.335 e. The molecule has 0 aliphatic carbocycles. The number of rotatable bonds is 6. The molecule has 1 aliphatic heterocycles. The average Bonchev–Trinajstić information content (AvgIpc) is 2.44. The summed E-state index contributed by atoms with van der Waals surface area (Å²) in [6.45, 7) is 3.85. The smallest absolute Gasteiger partial charge is 0.335 e. The molecule has 5 nitrogen and oxygen atoms in total. The fraction of sp³-hybridized carbons (Fsp3) is 0.467. The van der Waals surface area contributed by atoms with Crippen LogP contribution in [0.1, 0.15) is 35.7 Å². The van der Waals surface area contributed by atoms with Crippen LogP contribution in [-0.4, -0.2) is 36.7 Å². The number of hydrogen-bond acceptors (Lipinski definition) is 3. The zero-order valence-corrected chi connectivity index (χ0v) is 11.6. The van der Waals surface area contributed by atoms with E-state index in [1.54, 1.807) is 23.1 Å². The summed E-state index contributed by atoms with van der Waals surface area (Å²) in [5.41, 5.74) is 2.04. The third-order valence-corrected chi connectivity index (χ3v) is 3.40. The summed E-state index contributed by atoms with van der Waals surface area (Å²) in [4.78, 5) is 24.7. The molecular formula is C15H19NO4. The lowest BCUT2D eigenvalue weighted by molar-refractivity contribution is -0.118. The second-order valence-electron chi connectivity index (χ2n) is 4.74. The molecule has 1 N–H and O–H groups in total. The number of ether oxygens (including phenoxy) is 1. The molecule has 5 heteroatoms. The van der Waals surface area contributed by atoms with Crippen molar-refractivity contribution in [1.29, 1.82) is 0 Å². The Morgan fingerprint density at radius 3 is 2.90 bits per heavy atom. The first-order chi connectivity index (χ1) is 9.63. The molecule has 0 aromatic heterocycles. The summed E-state index contributed by atoms with van der Waals surface area (Å²) >= 11 is 0. The lowest BCUT2D eigenvalue weighted by atomic mass is 9.98. The quantitative estimate of drug-likeness (QED) is 0.808. The molecule has 0 bridgehead atoms. The Labute approximate surface area is 118 Å². The first-order valence-corrected chi connectivity index (χ1v) is 6.87. The van der Waals surface area contributed by atoms with Gasteiger partial charge in [-0.2, -0.15) is 0 Å². The van der Waals surface area contributed by atoms with Crippen molar-refractivity contribution in [3.05, 3.63) is 29.3 Å². The molecule has 1 aromatic carbocycles. The van der Waals surface area contributed by atoms with Crippen molar-refractivity contribution in [2.24, 2.45) is 0 Å². The predicted octanol–water partition coefficient (Wildman–Crippen LogP) is 2.09. The van der Waals surface area contributed by atoms with Crippen molar-refractivity contribution in [3.8, 4) is 0 Å². The van der Waals surface area contributed by atoms with Gasteiger partial charge in [0.05, 0.1) is 5.56 Å². The summed E-state index contributed by atoms with van der Waals surface area (Å²) in [7, 11) is 0. The van der Waals surface area contributed by atoms with Gasteiger partial charge in [0.1, 0.15) is 0 Å². The van der Waals surface area contributed by atoms with Crippen molar-refractivity contribution in [1.82, 2.24) is 0 Å². The van der Waals surface area contributed by atoms with Gasteiger partial charge in [0.15, 0.2) is 0 Å². The zero-order valence-electron chi connectivity index (χ0n) is 11.6. The molecule has 0 unspecified atom stereocenters. The number of aryl methyl sites for hydroxylation is 1. The highest BCUT2D eigenvalue weighted by Gasteiger charge is 2.24. The minimum absolute atomic E-state index is 0.0945. The molecule has 108 valence electrons. The lowest BCUT2D eigenvalue weighted by Gasteiger charge is -2.29. The van der Waals surface area contributed by atoms with Gasteiger partial charge in [-0.15, -0.1) is 0 Å². The number of carboxylic acids is 1. The molecule has 20 heavy (non-hydrogen) atoms. The Hall–Kier alpha value is -1.88. The molecular weight excluding hydrogens is 258 g/mol. The van der Waals surface area contributed by atoms with Crippen LogP contribution in [0, 0.1) is 0 Å². The monoisotopic (exact) mass is 277 g/mol. The van der Waals surface area contributed by atoms with Crippen LogP contribution < -0.4 is 4.90 Å². The first-order valence-electron chi connectivity index (χ1n) is 6.87. The van der Waals surface area contributed by atoms with Gasteiger partial charge in [-0.1, -0.05) is 0 Å². The van der Waals surface area contributed by atoms with Crippen molar-refractivity contribution in [2.45, 2.75) is 26.2 Å². The van der Waals surface area contributed by atoms with Gasteiger partial charge in [0.2, 0.25) is 5.91 Å². The van der Waals surface area contributed by atoms with Crippen LogP contribution in [0.5, 0.6) is 0 Å². The number of carbonyl (C=O) groups excluding carboxylic acids is 1. The van der Waals surface area contributed by atoms with E-state index >= 15 is 0 Å². The average molecular weight is 277 g/mol. The van der Waals surface area contributed by atoms with Gasteiger partial charge >= 0.3 is 5.97 Å². The van der Waals surface area contributed by atoms with Crippen LogP contribution in [0.2, 0.25) is 0 Å². The predicted molar refractivity (Wildman–Crippen MR) is 75.2 cm³/mol. The van der Waals surface area contributed by atoms with E-state index in [1.807, 2.05) is 6.92 Å². The first kappa shape index (κ1) is 14.5. The Morgan fingerprint density at radius 1 is 1.40 bits per heavy atom. The molecule has 0 saturated heterocycles. The van der Waals surface area contributed by atoms with Gasteiger partial charge in [0.25, 0.3) is 0 Å². The van der Waals surface area contributed by atoms with E-state index in [2.05, 4.69) is 0 Å². The van der Waals surface area contributed by atoms with Gasteiger partial charge < -0.3 is 14.7 Å². The summed E-state index contributed by atoms with van der Waals surface area (Å²) in [6.07, 6.45) is 1.82. The summed E-state index contributed by atoms with van der Waals surface area (Å²) in [5, 5.41) is 9.01. The molecule has 0 radical (unpaired) electrons. The maximum atomic E-state index is 12.0. The third kappa shape index (κ3) is 3.17. The SMILES string of the molecule is CCOCCCN1C(=O)CCc2cc(C(=O)O)ccc21. The number of fused-ring (bicyclic) bond motifs is 1. The largest absolute Gasteiger partial charge is 0.478 e. The van der Waals surface area contributed by atoms with Gasteiger partial charge in [-0.25, -0.2) is 4.79 Å². The normalized spacial score (nSPS) is 14.2. The molecule has 0 fully saturated rings. The molecule has 1 aliphatic rings. The number of anilines is 1. The van der Waals surface area contributed by atoms with E-state index in [0.29, 0.717) is 32.6 Å². The van der Waals surface area contributed by atoms with E-state index in [-0.39, 0.29) is 11.5 Å². The third-order valence-electron chi connectivity index (χ3n) is 3.40. The Kier molecular flexibility index (Phi) is 4.74. The number of carboxylic acid groups (broad SMARTS) is 1. The fourth-order valence-electron chi connectivity index (χ4n) is 2.41. The Bertz CT molecular complexity index is 513. The van der Waals surface area contributed by atoms with E-state index in [0.717, 1.165) is 17.7 Å². The molecule has 1 aromatic rings. The summed E-state index contributed by atoms with van der Waals surface area (Å²) < 4.78 is 5.28. The molecule has 0 atom stereocenters.